The van der Waals surface area contributed by atoms with Gasteiger partial charge in [0.25, 0.3) is 0 Å². The predicted octanol–water partition coefficient (Wildman–Crippen LogP) is 3.33. The van der Waals surface area contributed by atoms with E-state index >= 15 is 0 Å². The summed E-state index contributed by atoms with van der Waals surface area (Å²) in [7, 11) is 0. The fourth-order valence-corrected chi connectivity index (χ4v) is 3.07. The third-order valence-electron chi connectivity index (χ3n) is 4.94. The van der Waals surface area contributed by atoms with Crippen LogP contribution in [0.1, 0.15) is 57.6 Å². The number of likely N-dealkylation sites (tertiary alicyclic amines) is 1. The summed E-state index contributed by atoms with van der Waals surface area (Å²) in [4.78, 5) is 14.4. The molecule has 1 saturated heterocycles. The fraction of sp³-hybridized carbons (Fsp3) is 0.632. The monoisotopic (exact) mass is 302 g/mol. The van der Waals surface area contributed by atoms with Gasteiger partial charge >= 0.3 is 0 Å². The Kier molecular flexibility index (Phi) is 5.28. The van der Waals surface area contributed by atoms with Crippen LogP contribution in [0.15, 0.2) is 24.3 Å². The van der Waals surface area contributed by atoms with E-state index in [0.29, 0.717) is 12.3 Å². The highest BCUT2D eigenvalue weighted by atomic mass is 16.2. The molecule has 1 aromatic rings. The van der Waals surface area contributed by atoms with Crippen molar-refractivity contribution < 1.29 is 4.79 Å². The molecule has 2 rings (SSSR count). The Morgan fingerprint density at radius 1 is 1.32 bits per heavy atom. The molecule has 1 atom stereocenters. The van der Waals surface area contributed by atoms with Crippen LogP contribution >= 0.6 is 0 Å². The molecule has 1 aliphatic rings. The first-order chi connectivity index (χ1) is 10.3. The molecular formula is C19H30N2O. The molecule has 1 unspecified atom stereocenters. The van der Waals surface area contributed by atoms with Gasteiger partial charge in [-0.25, -0.2) is 0 Å². The van der Waals surface area contributed by atoms with Crippen molar-refractivity contribution in [1.82, 2.24) is 4.90 Å². The first-order valence-electron chi connectivity index (χ1n) is 8.42. The van der Waals surface area contributed by atoms with Crippen molar-refractivity contribution in [3.05, 3.63) is 35.4 Å². The summed E-state index contributed by atoms with van der Waals surface area (Å²) in [5.41, 5.74) is 8.75. The Morgan fingerprint density at radius 2 is 1.95 bits per heavy atom. The molecule has 0 aromatic heterocycles. The lowest BCUT2D eigenvalue weighted by Crippen LogP contribution is -2.54. The van der Waals surface area contributed by atoms with Crippen molar-refractivity contribution in [3.63, 3.8) is 0 Å². The lowest BCUT2D eigenvalue weighted by molar-refractivity contribution is -0.134. The van der Waals surface area contributed by atoms with E-state index < -0.39 is 0 Å². The summed E-state index contributed by atoms with van der Waals surface area (Å²) in [6.07, 6.45) is 2.31. The highest BCUT2D eigenvalue weighted by Crippen LogP contribution is 2.28. The van der Waals surface area contributed by atoms with Gasteiger partial charge in [0.1, 0.15) is 0 Å². The van der Waals surface area contributed by atoms with Gasteiger partial charge in [0.2, 0.25) is 5.91 Å². The van der Waals surface area contributed by atoms with Crippen LogP contribution in [0.2, 0.25) is 0 Å². The second kappa shape index (κ2) is 6.82. The minimum Gasteiger partial charge on any atom is -0.342 e. The number of carbonyl (C=O) groups is 1. The SMILES string of the molecule is CC(C)c1ccc(CCC(=O)N2CCC(N)C(C)(C)C2)cc1. The number of aryl methyl sites for hydroxylation is 1. The molecule has 1 fully saturated rings. The zero-order chi connectivity index (χ0) is 16.3. The Hall–Kier alpha value is -1.35. The Morgan fingerprint density at radius 3 is 2.50 bits per heavy atom. The smallest absolute Gasteiger partial charge is 0.222 e. The van der Waals surface area contributed by atoms with E-state index in [-0.39, 0.29) is 17.4 Å². The van der Waals surface area contributed by atoms with Gasteiger partial charge in [-0.05, 0) is 35.3 Å². The molecule has 1 amide bonds. The maximum atomic E-state index is 12.4. The van der Waals surface area contributed by atoms with Gasteiger partial charge < -0.3 is 10.6 Å². The largest absolute Gasteiger partial charge is 0.342 e. The number of hydrogen-bond acceptors (Lipinski definition) is 2. The number of benzene rings is 1. The highest BCUT2D eigenvalue weighted by molar-refractivity contribution is 5.76. The number of piperidine rings is 1. The standard InChI is InChI=1S/C19H30N2O/c1-14(2)16-8-5-15(6-9-16)7-10-18(22)21-12-11-17(20)19(3,4)13-21/h5-6,8-9,14,17H,7,10-13,20H2,1-4H3. The first kappa shape index (κ1) is 17.0. The van der Waals surface area contributed by atoms with Crippen molar-refractivity contribution in [2.75, 3.05) is 13.1 Å². The number of carbonyl (C=O) groups excluding carboxylic acids is 1. The zero-order valence-corrected chi connectivity index (χ0v) is 14.4. The number of amides is 1. The third-order valence-corrected chi connectivity index (χ3v) is 4.94. The molecule has 1 heterocycles. The van der Waals surface area contributed by atoms with Crippen LogP contribution in [-0.4, -0.2) is 29.9 Å². The average Bonchev–Trinajstić information content (AvgIpc) is 2.48. The maximum Gasteiger partial charge on any atom is 0.222 e. The van der Waals surface area contributed by atoms with Gasteiger partial charge in [-0.15, -0.1) is 0 Å². The van der Waals surface area contributed by atoms with Crippen LogP contribution in [0.25, 0.3) is 0 Å². The van der Waals surface area contributed by atoms with Crippen LogP contribution in [0.3, 0.4) is 0 Å². The van der Waals surface area contributed by atoms with Crippen molar-refractivity contribution in [2.45, 2.75) is 58.9 Å². The third kappa shape index (κ3) is 4.10. The van der Waals surface area contributed by atoms with E-state index in [2.05, 4.69) is 52.0 Å². The Balaban J connectivity index is 1.87. The Bertz CT molecular complexity index is 505. The van der Waals surface area contributed by atoms with E-state index in [1.165, 1.54) is 11.1 Å². The second-order valence-corrected chi connectivity index (χ2v) is 7.60. The molecule has 3 nitrogen and oxygen atoms in total. The number of nitrogens with two attached hydrogens (primary N) is 1. The topological polar surface area (TPSA) is 46.3 Å². The van der Waals surface area contributed by atoms with Gasteiger partial charge in [0.05, 0.1) is 0 Å². The molecule has 2 N–H and O–H groups in total. The van der Waals surface area contributed by atoms with Crippen molar-refractivity contribution >= 4 is 5.91 Å². The average molecular weight is 302 g/mol. The van der Waals surface area contributed by atoms with Gasteiger partial charge in [-0.2, -0.15) is 0 Å². The molecular weight excluding hydrogens is 272 g/mol. The van der Waals surface area contributed by atoms with Gasteiger partial charge in [-0.1, -0.05) is 52.0 Å². The van der Waals surface area contributed by atoms with Gasteiger partial charge in [0, 0.05) is 25.6 Å². The molecule has 0 aliphatic carbocycles. The lowest BCUT2D eigenvalue weighted by atomic mass is 9.79. The molecule has 22 heavy (non-hydrogen) atoms. The van der Waals surface area contributed by atoms with Crippen molar-refractivity contribution in [3.8, 4) is 0 Å². The van der Waals surface area contributed by atoms with Crippen molar-refractivity contribution in [2.24, 2.45) is 11.1 Å². The first-order valence-corrected chi connectivity index (χ1v) is 8.42. The summed E-state index contributed by atoms with van der Waals surface area (Å²) in [5, 5.41) is 0. The van der Waals surface area contributed by atoms with E-state index in [1.54, 1.807) is 0 Å². The Labute approximate surface area is 134 Å². The molecule has 1 aromatic carbocycles. The summed E-state index contributed by atoms with van der Waals surface area (Å²) in [6, 6.07) is 8.85. The summed E-state index contributed by atoms with van der Waals surface area (Å²) in [5.74, 6) is 0.809. The number of hydrogen-bond donors (Lipinski definition) is 1. The lowest BCUT2D eigenvalue weighted by Gasteiger charge is -2.42. The molecule has 0 saturated carbocycles. The van der Waals surface area contributed by atoms with Gasteiger partial charge in [0.15, 0.2) is 0 Å². The summed E-state index contributed by atoms with van der Waals surface area (Å²) >= 11 is 0. The molecule has 1 aliphatic heterocycles. The van der Waals surface area contributed by atoms with Crippen molar-refractivity contribution in [1.29, 1.82) is 0 Å². The van der Waals surface area contributed by atoms with Crippen LogP contribution in [-0.2, 0) is 11.2 Å². The minimum absolute atomic E-state index is 0.0207. The van der Waals surface area contributed by atoms with E-state index in [9.17, 15) is 4.79 Å². The van der Waals surface area contributed by atoms with Crippen LogP contribution in [0.4, 0.5) is 0 Å². The molecule has 3 heteroatoms. The van der Waals surface area contributed by atoms with E-state index in [4.69, 9.17) is 5.73 Å². The number of nitrogens with zero attached hydrogens (tertiary/aromatic N) is 1. The van der Waals surface area contributed by atoms with E-state index in [1.807, 2.05) is 4.90 Å². The van der Waals surface area contributed by atoms with Crippen LogP contribution < -0.4 is 5.73 Å². The van der Waals surface area contributed by atoms with Gasteiger partial charge in [-0.3, -0.25) is 4.79 Å². The summed E-state index contributed by atoms with van der Waals surface area (Å²) < 4.78 is 0. The highest BCUT2D eigenvalue weighted by Gasteiger charge is 2.34. The van der Waals surface area contributed by atoms with Crippen LogP contribution in [0, 0.1) is 5.41 Å². The van der Waals surface area contributed by atoms with E-state index in [0.717, 1.165) is 25.9 Å². The minimum atomic E-state index is 0.0207. The molecule has 0 bridgehead atoms. The molecule has 0 spiro atoms. The summed E-state index contributed by atoms with van der Waals surface area (Å²) in [6.45, 7) is 10.3. The number of rotatable bonds is 4. The maximum absolute atomic E-state index is 12.4. The molecule has 122 valence electrons. The molecule has 0 radical (unpaired) electrons. The zero-order valence-electron chi connectivity index (χ0n) is 14.4. The van der Waals surface area contributed by atoms with Crippen LogP contribution in [0.5, 0.6) is 0 Å². The quantitative estimate of drug-likeness (QED) is 0.927. The predicted molar refractivity (Wildman–Crippen MR) is 91.8 cm³/mol. The second-order valence-electron chi connectivity index (χ2n) is 7.60. The fourth-order valence-electron chi connectivity index (χ4n) is 3.07. The normalized spacial score (nSPS) is 21.2.